The largest absolute Gasteiger partial charge is 0.493 e. The van der Waals surface area contributed by atoms with Crippen LogP contribution in [0.1, 0.15) is 23.7 Å². The Morgan fingerprint density at radius 1 is 1.09 bits per heavy atom. The summed E-state index contributed by atoms with van der Waals surface area (Å²) in [4.78, 5) is 23.3. The monoisotopic (exact) mass is 301 g/mol. The third-order valence-corrected chi connectivity index (χ3v) is 3.46. The van der Waals surface area contributed by atoms with E-state index in [9.17, 15) is 9.59 Å². The normalized spacial score (nSPS) is 10.3. The Morgan fingerprint density at radius 2 is 1.82 bits per heavy atom. The summed E-state index contributed by atoms with van der Waals surface area (Å²) in [5, 5.41) is 0. The Bertz CT molecular complexity index is 734. The Kier molecular flexibility index (Phi) is 4.99. The van der Waals surface area contributed by atoms with Gasteiger partial charge in [0.25, 0.3) is 5.56 Å². The summed E-state index contributed by atoms with van der Waals surface area (Å²) in [6, 6.07) is 8.81. The Morgan fingerprint density at radius 3 is 2.41 bits per heavy atom. The highest BCUT2D eigenvalue weighted by atomic mass is 16.5. The first kappa shape index (κ1) is 15.8. The summed E-state index contributed by atoms with van der Waals surface area (Å²) in [7, 11) is 3.14. The highest BCUT2D eigenvalue weighted by molar-refractivity contribution is 5.75. The molecule has 0 saturated heterocycles. The molecule has 0 fully saturated rings. The van der Waals surface area contributed by atoms with Crippen LogP contribution in [-0.2, 0) is 6.54 Å². The molecule has 2 rings (SSSR count). The summed E-state index contributed by atoms with van der Waals surface area (Å²) in [6.07, 6.45) is 1.38. The van der Waals surface area contributed by atoms with Crippen molar-refractivity contribution in [3.05, 3.63) is 46.2 Å². The number of hydrogen-bond donors (Lipinski definition) is 0. The summed E-state index contributed by atoms with van der Waals surface area (Å²) >= 11 is 0. The molecule has 5 heteroatoms. The van der Waals surface area contributed by atoms with Crippen LogP contribution in [-0.4, -0.2) is 25.1 Å². The highest BCUT2D eigenvalue weighted by Gasteiger charge is 2.12. The molecule has 2 aromatic rings. The van der Waals surface area contributed by atoms with Gasteiger partial charge in [0.05, 0.1) is 25.5 Å². The van der Waals surface area contributed by atoms with Gasteiger partial charge < -0.3 is 14.0 Å². The second kappa shape index (κ2) is 6.93. The average molecular weight is 301 g/mol. The highest BCUT2D eigenvalue weighted by Crippen LogP contribution is 2.32. The number of rotatable bonds is 6. The van der Waals surface area contributed by atoms with E-state index in [1.165, 1.54) is 0 Å². The lowest BCUT2D eigenvalue weighted by Gasteiger charge is -2.15. The minimum atomic E-state index is -0.274. The van der Waals surface area contributed by atoms with Crippen LogP contribution in [0.5, 0.6) is 11.5 Å². The molecule has 0 saturated carbocycles. The molecule has 116 valence electrons. The van der Waals surface area contributed by atoms with Crippen LogP contribution >= 0.6 is 0 Å². The molecule has 0 spiro atoms. The zero-order valence-corrected chi connectivity index (χ0v) is 13.0. The summed E-state index contributed by atoms with van der Waals surface area (Å²) < 4.78 is 12.1. The quantitative estimate of drug-likeness (QED) is 0.770. The smallest absolute Gasteiger partial charge is 0.261 e. The van der Waals surface area contributed by atoms with Gasteiger partial charge in [-0.05, 0) is 36.8 Å². The lowest BCUT2D eigenvalue weighted by atomic mass is 10.1. The van der Waals surface area contributed by atoms with Crippen molar-refractivity contribution in [2.75, 3.05) is 14.2 Å². The van der Waals surface area contributed by atoms with Gasteiger partial charge in [0.1, 0.15) is 0 Å². The van der Waals surface area contributed by atoms with E-state index in [0.29, 0.717) is 24.3 Å². The SMILES string of the molecule is CCCn1c(-c2ccc(OC)c(OC)c2)ccc(C=O)c1=O. The van der Waals surface area contributed by atoms with Gasteiger partial charge in [-0.25, -0.2) is 0 Å². The van der Waals surface area contributed by atoms with Crippen molar-refractivity contribution in [2.24, 2.45) is 0 Å². The molecular weight excluding hydrogens is 282 g/mol. The lowest BCUT2D eigenvalue weighted by molar-refractivity contribution is 0.112. The van der Waals surface area contributed by atoms with Crippen molar-refractivity contribution in [2.45, 2.75) is 19.9 Å². The van der Waals surface area contributed by atoms with Crippen LogP contribution < -0.4 is 15.0 Å². The number of ether oxygens (including phenoxy) is 2. The standard InChI is InChI=1S/C17H19NO4/c1-4-9-18-14(7-5-13(11-19)17(18)20)12-6-8-15(21-2)16(10-12)22-3/h5-8,10-11H,4,9H2,1-3H3. The fraction of sp³-hybridized carbons (Fsp3) is 0.294. The summed E-state index contributed by atoms with van der Waals surface area (Å²) in [6.45, 7) is 2.53. The fourth-order valence-electron chi connectivity index (χ4n) is 2.38. The van der Waals surface area contributed by atoms with Gasteiger partial charge in [-0.2, -0.15) is 0 Å². The molecule has 1 heterocycles. The maximum atomic E-state index is 12.3. The van der Waals surface area contributed by atoms with E-state index in [2.05, 4.69) is 0 Å². The van der Waals surface area contributed by atoms with Gasteiger partial charge in [-0.15, -0.1) is 0 Å². The Balaban J connectivity index is 2.64. The van der Waals surface area contributed by atoms with Gasteiger partial charge in [0.2, 0.25) is 0 Å². The van der Waals surface area contributed by atoms with Crippen molar-refractivity contribution >= 4 is 6.29 Å². The third-order valence-electron chi connectivity index (χ3n) is 3.46. The minimum Gasteiger partial charge on any atom is -0.493 e. The molecule has 22 heavy (non-hydrogen) atoms. The van der Waals surface area contributed by atoms with Crippen LogP contribution in [0.15, 0.2) is 35.1 Å². The number of carbonyl (C=O) groups excluding carboxylic acids is 1. The molecule has 0 amide bonds. The fourth-order valence-corrected chi connectivity index (χ4v) is 2.38. The number of hydrogen-bond acceptors (Lipinski definition) is 4. The number of methoxy groups -OCH3 is 2. The van der Waals surface area contributed by atoms with Crippen molar-refractivity contribution in [3.63, 3.8) is 0 Å². The van der Waals surface area contributed by atoms with E-state index in [1.807, 2.05) is 19.1 Å². The molecule has 0 N–H and O–H groups in total. The third kappa shape index (κ3) is 2.88. The average Bonchev–Trinajstić information content (AvgIpc) is 2.56. The molecule has 0 atom stereocenters. The van der Waals surface area contributed by atoms with Gasteiger partial charge in [0, 0.05) is 12.1 Å². The van der Waals surface area contributed by atoms with Crippen molar-refractivity contribution in [1.29, 1.82) is 0 Å². The Labute approximate surface area is 129 Å². The number of benzene rings is 1. The number of carbonyl (C=O) groups is 1. The zero-order chi connectivity index (χ0) is 16.1. The molecule has 5 nitrogen and oxygen atoms in total. The Hall–Kier alpha value is -2.56. The van der Waals surface area contributed by atoms with Crippen molar-refractivity contribution < 1.29 is 14.3 Å². The van der Waals surface area contributed by atoms with Crippen LogP contribution in [0.25, 0.3) is 11.3 Å². The van der Waals surface area contributed by atoms with Crippen molar-refractivity contribution in [3.8, 4) is 22.8 Å². The maximum Gasteiger partial charge on any atom is 0.261 e. The first-order chi connectivity index (χ1) is 10.7. The molecular formula is C17H19NO4. The van der Waals surface area contributed by atoms with Gasteiger partial charge in [-0.1, -0.05) is 6.92 Å². The van der Waals surface area contributed by atoms with Gasteiger partial charge in [0.15, 0.2) is 17.8 Å². The van der Waals surface area contributed by atoms with Crippen molar-refractivity contribution in [1.82, 2.24) is 4.57 Å². The summed E-state index contributed by atoms with van der Waals surface area (Å²) in [5.74, 6) is 1.22. The van der Waals surface area contributed by atoms with Crippen LogP contribution in [0.2, 0.25) is 0 Å². The first-order valence-corrected chi connectivity index (χ1v) is 7.07. The molecule has 1 aromatic carbocycles. The second-order valence-electron chi connectivity index (χ2n) is 4.82. The molecule has 0 aliphatic heterocycles. The van der Waals surface area contributed by atoms with Crippen LogP contribution in [0.3, 0.4) is 0 Å². The molecule has 0 unspecified atom stereocenters. The van der Waals surface area contributed by atoms with Gasteiger partial charge >= 0.3 is 0 Å². The molecule has 1 aromatic heterocycles. The first-order valence-electron chi connectivity index (χ1n) is 7.07. The minimum absolute atomic E-state index is 0.165. The molecule has 0 bridgehead atoms. The van der Waals surface area contributed by atoms with E-state index < -0.39 is 0 Å². The van der Waals surface area contributed by atoms with Gasteiger partial charge in [-0.3, -0.25) is 9.59 Å². The molecule has 0 aliphatic rings. The zero-order valence-electron chi connectivity index (χ0n) is 13.0. The van der Waals surface area contributed by atoms with E-state index in [0.717, 1.165) is 17.7 Å². The van der Waals surface area contributed by atoms with E-state index >= 15 is 0 Å². The topological polar surface area (TPSA) is 57.5 Å². The molecule has 0 aliphatic carbocycles. The van der Waals surface area contributed by atoms with E-state index in [1.54, 1.807) is 37.0 Å². The maximum absolute atomic E-state index is 12.3. The second-order valence-corrected chi connectivity index (χ2v) is 4.82. The predicted octanol–water partition coefficient (Wildman–Crippen LogP) is 2.76. The van der Waals surface area contributed by atoms with E-state index in [-0.39, 0.29) is 11.1 Å². The van der Waals surface area contributed by atoms with E-state index in [4.69, 9.17) is 9.47 Å². The summed E-state index contributed by atoms with van der Waals surface area (Å²) in [5.41, 5.74) is 1.47. The number of aldehydes is 1. The van der Waals surface area contributed by atoms with Crippen LogP contribution in [0.4, 0.5) is 0 Å². The number of nitrogens with zero attached hydrogens (tertiary/aromatic N) is 1. The predicted molar refractivity (Wildman–Crippen MR) is 84.9 cm³/mol. The lowest BCUT2D eigenvalue weighted by Crippen LogP contribution is -2.24. The molecule has 0 radical (unpaired) electrons. The number of aromatic nitrogens is 1. The van der Waals surface area contributed by atoms with Crippen LogP contribution in [0, 0.1) is 0 Å². The number of pyridine rings is 1.